The van der Waals surface area contributed by atoms with Crippen LogP contribution in [-0.4, -0.2) is 23.1 Å². The zero-order valence-electron chi connectivity index (χ0n) is 16.7. The van der Waals surface area contributed by atoms with Gasteiger partial charge >= 0.3 is 5.76 Å². The molecule has 152 valence electrons. The molecule has 0 radical (unpaired) electrons. The summed E-state index contributed by atoms with van der Waals surface area (Å²) in [6, 6.07) is 13.4. The molecule has 3 aromatic rings. The van der Waals surface area contributed by atoms with Gasteiger partial charge in [0.25, 0.3) is 5.91 Å². The number of para-hydroxylation sites is 2. The van der Waals surface area contributed by atoms with E-state index in [-0.39, 0.29) is 11.7 Å². The molecular formula is C23H27N3O3. The average molecular weight is 393 g/mol. The van der Waals surface area contributed by atoms with Gasteiger partial charge in [0.1, 0.15) is 0 Å². The first-order valence-corrected chi connectivity index (χ1v) is 10.4. The second kappa shape index (κ2) is 8.55. The number of oxazole rings is 1. The van der Waals surface area contributed by atoms with Crippen molar-refractivity contribution in [3.63, 3.8) is 0 Å². The lowest BCUT2D eigenvalue weighted by molar-refractivity contribution is 0.0927. The number of nitrogens with one attached hydrogen (secondary N) is 2. The number of hydrogen-bond donors (Lipinski definition) is 2. The fourth-order valence-corrected chi connectivity index (χ4v) is 4.05. The lowest BCUT2D eigenvalue weighted by Crippen LogP contribution is -2.36. The van der Waals surface area contributed by atoms with Gasteiger partial charge in [0.05, 0.1) is 5.52 Å². The first-order valence-electron chi connectivity index (χ1n) is 10.4. The Balaban J connectivity index is 1.37. The van der Waals surface area contributed by atoms with E-state index in [0.29, 0.717) is 30.3 Å². The summed E-state index contributed by atoms with van der Waals surface area (Å²) in [6.07, 6.45) is 5.81. The number of benzene rings is 2. The molecule has 2 N–H and O–H groups in total. The Morgan fingerprint density at radius 2 is 1.93 bits per heavy atom. The number of aryl methyl sites for hydroxylation is 1. The molecule has 1 aromatic heterocycles. The van der Waals surface area contributed by atoms with Crippen molar-refractivity contribution < 1.29 is 9.21 Å². The largest absolute Gasteiger partial charge is 0.420 e. The van der Waals surface area contributed by atoms with E-state index in [1.54, 1.807) is 10.6 Å². The molecule has 0 spiro atoms. The van der Waals surface area contributed by atoms with Crippen LogP contribution in [0.5, 0.6) is 0 Å². The molecule has 1 amide bonds. The van der Waals surface area contributed by atoms with Crippen LogP contribution in [0.25, 0.3) is 11.1 Å². The summed E-state index contributed by atoms with van der Waals surface area (Å²) < 4.78 is 6.89. The SMILES string of the molecule is Cc1cc(C(=O)NC2CCCCC2)ccc1NCCn1c(=O)oc2ccccc21. The van der Waals surface area contributed by atoms with Gasteiger partial charge in [-0.15, -0.1) is 0 Å². The third-order valence-electron chi connectivity index (χ3n) is 5.65. The molecule has 1 fully saturated rings. The van der Waals surface area contributed by atoms with E-state index >= 15 is 0 Å². The number of fused-ring (bicyclic) bond motifs is 1. The Labute approximate surface area is 169 Å². The molecule has 4 rings (SSSR count). The Kier molecular flexibility index (Phi) is 5.69. The molecule has 6 nitrogen and oxygen atoms in total. The number of carbonyl (C=O) groups excluding carboxylic acids is 1. The number of amides is 1. The van der Waals surface area contributed by atoms with Gasteiger partial charge in [0, 0.05) is 30.4 Å². The van der Waals surface area contributed by atoms with Crippen molar-refractivity contribution in [2.75, 3.05) is 11.9 Å². The molecule has 0 atom stereocenters. The van der Waals surface area contributed by atoms with Crippen LogP contribution in [0.15, 0.2) is 51.7 Å². The molecule has 1 aliphatic carbocycles. The van der Waals surface area contributed by atoms with E-state index < -0.39 is 0 Å². The predicted octanol–water partition coefficient (Wildman–Crippen LogP) is 4.08. The quantitative estimate of drug-likeness (QED) is 0.662. The average Bonchev–Trinajstić information content (AvgIpc) is 3.05. The summed E-state index contributed by atoms with van der Waals surface area (Å²) in [5, 5.41) is 6.52. The maximum absolute atomic E-state index is 12.5. The van der Waals surface area contributed by atoms with Crippen LogP contribution in [0, 0.1) is 6.92 Å². The van der Waals surface area contributed by atoms with Crippen molar-refractivity contribution in [3.05, 3.63) is 64.1 Å². The van der Waals surface area contributed by atoms with Crippen LogP contribution in [-0.2, 0) is 6.54 Å². The Hall–Kier alpha value is -3.02. The van der Waals surface area contributed by atoms with Gasteiger partial charge in [0.15, 0.2) is 5.58 Å². The van der Waals surface area contributed by atoms with E-state index in [9.17, 15) is 9.59 Å². The summed E-state index contributed by atoms with van der Waals surface area (Å²) in [7, 11) is 0. The highest BCUT2D eigenvalue weighted by Gasteiger charge is 2.17. The first-order chi connectivity index (χ1) is 14.1. The van der Waals surface area contributed by atoms with E-state index in [4.69, 9.17) is 4.42 Å². The van der Waals surface area contributed by atoms with Crippen LogP contribution >= 0.6 is 0 Å². The molecular weight excluding hydrogens is 366 g/mol. The van der Waals surface area contributed by atoms with Crippen molar-refractivity contribution in [2.45, 2.75) is 51.6 Å². The minimum absolute atomic E-state index is 0.00275. The first kappa shape index (κ1) is 19.3. The van der Waals surface area contributed by atoms with Crippen molar-refractivity contribution >= 4 is 22.7 Å². The lowest BCUT2D eigenvalue weighted by Gasteiger charge is -2.23. The number of hydrogen-bond acceptors (Lipinski definition) is 4. The maximum Gasteiger partial charge on any atom is 0.420 e. The Bertz CT molecular complexity index is 1060. The highest BCUT2D eigenvalue weighted by atomic mass is 16.4. The number of carbonyl (C=O) groups is 1. The molecule has 0 unspecified atom stereocenters. The molecule has 29 heavy (non-hydrogen) atoms. The summed E-state index contributed by atoms with van der Waals surface area (Å²) in [5.41, 5.74) is 4.05. The standard InChI is InChI=1S/C23H27N3O3/c1-16-15-17(22(27)25-18-7-3-2-4-8-18)11-12-19(16)24-13-14-26-20-9-5-6-10-21(20)29-23(26)28/h5-6,9-12,15,18,24H,2-4,7-8,13-14H2,1H3,(H,25,27). The summed E-state index contributed by atoms with van der Waals surface area (Å²) in [4.78, 5) is 24.6. The number of rotatable bonds is 6. The van der Waals surface area contributed by atoms with Crippen molar-refractivity contribution in [3.8, 4) is 0 Å². The van der Waals surface area contributed by atoms with Crippen molar-refractivity contribution in [1.82, 2.24) is 9.88 Å². The number of anilines is 1. The van der Waals surface area contributed by atoms with E-state index in [0.717, 1.165) is 29.6 Å². The van der Waals surface area contributed by atoms with Crippen LogP contribution in [0.2, 0.25) is 0 Å². The van der Waals surface area contributed by atoms with Gasteiger partial charge in [-0.2, -0.15) is 0 Å². The van der Waals surface area contributed by atoms with Crippen LogP contribution in [0.1, 0.15) is 48.0 Å². The minimum atomic E-state index is -0.348. The van der Waals surface area contributed by atoms with Gasteiger partial charge in [-0.05, 0) is 55.7 Å². The topological polar surface area (TPSA) is 76.3 Å². The third-order valence-corrected chi connectivity index (χ3v) is 5.65. The Morgan fingerprint density at radius 1 is 1.14 bits per heavy atom. The van der Waals surface area contributed by atoms with Crippen LogP contribution < -0.4 is 16.4 Å². The summed E-state index contributed by atoms with van der Waals surface area (Å²) in [6.45, 7) is 3.07. The highest BCUT2D eigenvalue weighted by Crippen LogP contribution is 2.20. The van der Waals surface area contributed by atoms with E-state index in [2.05, 4.69) is 10.6 Å². The zero-order valence-corrected chi connectivity index (χ0v) is 16.7. The van der Waals surface area contributed by atoms with Gasteiger partial charge in [-0.25, -0.2) is 4.79 Å². The predicted molar refractivity (Wildman–Crippen MR) is 114 cm³/mol. The van der Waals surface area contributed by atoms with Crippen molar-refractivity contribution in [1.29, 1.82) is 0 Å². The molecule has 6 heteroatoms. The molecule has 1 saturated carbocycles. The number of aromatic nitrogens is 1. The Morgan fingerprint density at radius 3 is 2.72 bits per heavy atom. The number of nitrogens with zero attached hydrogens (tertiary/aromatic N) is 1. The van der Waals surface area contributed by atoms with E-state index in [1.165, 1.54) is 19.3 Å². The van der Waals surface area contributed by atoms with Gasteiger partial charge in [0.2, 0.25) is 0 Å². The highest BCUT2D eigenvalue weighted by molar-refractivity contribution is 5.95. The molecule has 1 heterocycles. The molecule has 0 aliphatic heterocycles. The lowest BCUT2D eigenvalue weighted by atomic mass is 9.95. The summed E-state index contributed by atoms with van der Waals surface area (Å²) >= 11 is 0. The van der Waals surface area contributed by atoms with Gasteiger partial charge in [-0.1, -0.05) is 31.4 Å². The molecule has 0 bridgehead atoms. The second-order valence-corrected chi connectivity index (χ2v) is 7.75. The minimum Gasteiger partial charge on any atom is -0.408 e. The fourth-order valence-electron chi connectivity index (χ4n) is 4.05. The van der Waals surface area contributed by atoms with Crippen molar-refractivity contribution in [2.24, 2.45) is 0 Å². The molecule has 2 aromatic carbocycles. The van der Waals surface area contributed by atoms with Gasteiger partial charge < -0.3 is 15.1 Å². The van der Waals surface area contributed by atoms with Crippen LogP contribution in [0.4, 0.5) is 5.69 Å². The van der Waals surface area contributed by atoms with Gasteiger partial charge in [-0.3, -0.25) is 9.36 Å². The molecule has 0 saturated heterocycles. The normalized spacial score (nSPS) is 14.8. The van der Waals surface area contributed by atoms with E-state index in [1.807, 2.05) is 43.3 Å². The summed E-state index contributed by atoms with van der Waals surface area (Å²) in [5.74, 6) is -0.345. The third kappa shape index (κ3) is 4.36. The van der Waals surface area contributed by atoms with Crippen LogP contribution in [0.3, 0.4) is 0 Å². The fraction of sp³-hybridized carbons (Fsp3) is 0.391. The molecule has 1 aliphatic rings. The zero-order chi connectivity index (χ0) is 20.2. The smallest absolute Gasteiger partial charge is 0.408 e. The second-order valence-electron chi connectivity index (χ2n) is 7.75. The monoisotopic (exact) mass is 393 g/mol. The maximum atomic E-state index is 12.5.